The van der Waals surface area contributed by atoms with E-state index in [-0.39, 0.29) is 23.5 Å². The number of rotatable bonds is 9. The number of hydrogen-bond donors (Lipinski definition) is 3. The van der Waals surface area contributed by atoms with E-state index >= 15 is 0 Å². The molecule has 32 heavy (non-hydrogen) atoms. The van der Waals surface area contributed by atoms with Crippen molar-refractivity contribution < 1.29 is 13.3 Å². The van der Waals surface area contributed by atoms with Crippen LogP contribution in [0.2, 0.25) is 0 Å². The first-order valence-electron chi connectivity index (χ1n) is 10.3. The van der Waals surface area contributed by atoms with Crippen molar-refractivity contribution in [2.75, 3.05) is 23.4 Å². The number of nitrogens with zero attached hydrogens (tertiary/aromatic N) is 3. The van der Waals surface area contributed by atoms with E-state index in [0.29, 0.717) is 19.0 Å². The molecule has 0 atom stereocenters. The second-order valence-electron chi connectivity index (χ2n) is 8.05. The van der Waals surface area contributed by atoms with Crippen molar-refractivity contribution in [2.45, 2.75) is 45.2 Å². The molecule has 1 aliphatic carbocycles. The molecule has 0 aliphatic heterocycles. The van der Waals surface area contributed by atoms with E-state index < -0.39 is 14.9 Å². The van der Waals surface area contributed by atoms with Crippen LogP contribution in [-0.2, 0) is 16.6 Å². The third-order valence-corrected chi connectivity index (χ3v) is 7.19. The predicted octanol–water partition coefficient (Wildman–Crippen LogP) is 3.59. The third kappa shape index (κ3) is 6.84. The van der Waals surface area contributed by atoms with Gasteiger partial charge in [0.25, 0.3) is 0 Å². The summed E-state index contributed by atoms with van der Waals surface area (Å²) in [5, 5.41) is 17.7. The minimum Gasteiger partial charge on any atom is -0.364 e. The van der Waals surface area contributed by atoms with Gasteiger partial charge in [0.2, 0.25) is 21.8 Å². The van der Waals surface area contributed by atoms with Crippen molar-refractivity contribution in [3.8, 4) is 0 Å². The SMILES string of the molecule is Cc1c(Br)cccc1CNc1ncc([N+](=O)[O-])c(NC[C@H]2CC[C@H](NS(C)(=O)=O)CC2)n1. The summed E-state index contributed by atoms with van der Waals surface area (Å²) >= 11 is 3.51. The van der Waals surface area contributed by atoms with Gasteiger partial charge in [0.1, 0.15) is 6.20 Å². The molecule has 0 unspecified atom stereocenters. The Hall–Kier alpha value is -2.31. The summed E-state index contributed by atoms with van der Waals surface area (Å²) in [6, 6.07) is 5.85. The molecule has 0 bridgehead atoms. The Labute approximate surface area is 196 Å². The molecule has 1 saturated carbocycles. The highest BCUT2D eigenvalue weighted by Gasteiger charge is 2.24. The summed E-state index contributed by atoms with van der Waals surface area (Å²) in [5.74, 6) is 0.760. The molecule has 3 N–H and O–H groups in total. The highest BCUT2D eigenvalue weighted by molar-refractivity contribution is 9.10. The molecular weight excluding hydrogens is 500 g/mol. The van der Waals surface area contributed by atoms with Gasteiger partial charge >= 0.3 is 5.69 Å². The van der Waals surface area contributed by atoms with Gasteiger partial charge in [-0.05, 0) is 55.7 Å². The normalized spacial score (nSPS) is 18.8. The number of anilines is 2. The zero-order valence-electron chi connectivity index (χ0n) is 18.0. The van der Waals surface area contributed by atoms with E-state index in [9.17, 15) is 18.5 Å². The zero-order valence-corrected chi connectivity index (χ0v) is 20.4. The fourth-order valence-electron chi connectivity index (χ4n) is 3.77. The number of aromatic nitrogens is 2. The highest BCUT2D eigenvalue weighted by Crippen LogP contribution is 2.27. The van der Waals surface area contributed by atoms with Crippen LogP contribution >= 0.6 is 15.9 Å². The second-order valence-corrected chi connectivity index (χ2v) is 10.7. The van der Waals surface area contributed by atoms with E-state index in [1.54, 1.807) is 0 Å². The molecule has 10 nitrogen and oxygen atoms in total. The molecule has 3 rings (SSSR count). The number of nitro groups is 1. The van der Waals surface area contributed by atoms with Gasteiger partial charge in [0.15, 0.2) is 0 Å². The van der Waals surface area contributed by atoms with Crippen LogP contribution in [0, 0.1) is 23.0 Å². The van der Waals surface area contributed by atoms with Crippen LogP contribution in [0.25, 0.3) is 0 Å². The number of sulfonamides is 1. The van der Waals surface area contributed by atoms with Crippen LogP contribution in [-0.4, -0.2) is 42.2 Å². The van der Waals surface area contributed by atoms with E-state index in [1.165, 1.54) is 12.5 Å². The van der Waals surface area contributed by atoms with Gasteiger partial charge in [0.05, 0.1) is 11.2 Å². The Morgan fingerprint density at radius 1 is 1.22 bits per heavy atom. The molecule has 1 aliphatic rings. The molecule has 2 aromatic rings. The molecule has 1 fully saturated rings. The van der Waals surface area contributed by atoms with E-state index in [4.69, 9.17) is 0 Å². The van der Waals surface area contributed by atoms with Crippen molar-refractivity contribution in [3.05, 3.63) is 50.1 Å². The maximum atomic E-state index is 11.4. The quantitative estimate of drug-likeness (QED) is 0.332. The monoisotopic (exact) mass is 526 g/mol. The first kappa shape index (κ1) is 24.3. The summed E-state index contributed by atoms with van der Waals surface area (Å²) in [4.78, 5) is 19.3. The van der Waals surface area contributed by atoms with E-state index in [2.05, 4.69) is 41.3 Å². The smallest absolute Gasteiger partial charge is 0.329 e. The molecule has 12 heteroatoms. The van der Waals surface area contributed by atoms with Gasteiger partial charge in [-0.25, -0.2) is 18.1 Å². The minimum atomic E-state index is -3.21. The molecule has 1 aromatic heterocycles. The predicted molar refractivity (Wildman–Crippen MR) is 127 cm³/mol. The molecule has 0 saturated heterocycles. The van der Waals surface area contributed by atoms with Crippen molar-refractivity contribution in [1.29, 1.82) is 0 Å². The van der Waals surface area contributed by atoms with Crippen LogP contribution in [0.3, 0.4) is 0 Å². The van der Waals surface area contributed by atoms with Crippen molar-refractivity contribution in [2.24, 2.45) is 5.92 Å². The lowest BCUT2D eigenvalue weighted by molar-refractivity contribution is -0.384. The van der Waals surface area contributed by atoms with Gasteiger partial charge in [-0.2, -0.15) is 4.98 Å². The Kier molecular flexibility index (Phi) is 8.01. The molecule has 0 spiro atoms. The number of benzene rings is 1. The minimum absolute atomic E-state index is 0.0491. The molecular formula is C20H27BrN6O4S. The zero-order chi connectivity index (χ0) is 23.3. The van der Waals surface area contributed by atoms with Crippen LogP contribution in [0.4, 0.5) is 17.5 Å². The Balaban J connectivity index is 1.61. The average Bonchev–Trinajstić information content (AvgIpc) is 2.73. The topological polar surface area (TPSA) is 139 Å². The maximum Gasteiger partial charge on any atom is 0.329 e. The van der Waals surface area contributed by atoms with Gasteiger partial charge in [-0.1, -0.05) is 28.1 Å². The fraction of sp³-hybridized carbons (Fsp3) is 0.500. The third-order valence-electron chi connectivity index (χ3n) is 5.57. The maximum absolute atomic E-state index is 11.4. The van der Waals surface area contributed by atoms with E-state index in [0.717, 1.165) is 41.3 Å². The highest BCUT2D eigenvalue weighted by atomic mass is 79.9. The molecule has 1 aromatic carbocycles. The fourth-order valence-corrected chi connectivity index (χ4v) is 5.02. The summed E-state index contributed by atoms with van der Waals surface area (Å²) < 4.78 is 26.4. The molecule has 174 valence electrons. The first-order chi connectivity index (χ1) is 15.1. The van der Waals surface area contributed by atoms with Gasteiger partial charge in [-0.3, -0.25) is 10.1 Å². The number of nitrogens with one attached hydrogen (secondary N) is 3. The van der Waals surface area contributed by atoms with Gasteiger partial charge in [-0.15, -0.1) is 0 Å². The van der Waals surface area contributed by atoms with Crippen molar-refractivity contribution in [3.63, 3.8) is 0 Å². The first-order valence-corrected chi connectivity index (χ1v) is 13.0. The van der Waals surface area contributed by atoms with Crippen molar-refractivity contribution in [1.82, 2.24) is 14.7 Å². The largest absolute Gasteiger partial charge is 0.364 e. The summed E-state index contributed by atoms with van der Waals surface area (Å²) in [6.45, 7) is 3.01. The lowest BCUT2D eigenvalue weighted by Crippen LogP contribution is -2.37. The van der Waals surface area contributed by atoms with Gasteiger partial charge in [0, 0.05) is 23.6 Å². The molecule has 1 heterocycles. The van der Waals surface area contributed by atoms with Crippen LogP contribution in [0.15, 0.2) is 28.9 Å². The number of halogens is 1. The molecule has 0 radical (unpaired) electrons. The Morgan fingerprint density at radius 2 is 1.94 bits per heavy atom. The summed E-state index contributed by atoms with van der Waals surface area (Å²) in [6.07, 6.45) is 5.50. The average molecular weight is 527 g/mol. The second kappa shape index (κ2) is 10.5. The lowest BCUT2D eigenvalue weighted by Gasteiger charge is -2.28. The lowest BCUT2D eigenvalue weighted by atomic mass is 9.86. The van der Waals surface area contributed by atoms with Crippen LogP contribution < -0.4 is 15.4 Å². The van der Waals surface area contributed by atoms with E-state index in [1.807, 2.05) is 25.1 Å². The summed E-state index contributed by atoms with van der Waals surface area (Å²) in [5.41, 5.74) is 1.98. The summed E-state index contributed by atoms with van der Waals surface area (Å²) in [7, 11) is -3.21. The van der Waals surface area contributed by atoms with Gasteiger partial charge < -0.3 is 10.6 Å². The van der Waals surface area contributed by atoms with Crippen molar-refractivity contribution >= 4 is 43.4 Å². The molecule has 0 amide bonds. The van der Waals surface area contributed by atoms with Crippen LogP contribution in [0.5, 0.6) is 0 Å². The number of hydrogen-bond acceptors (Lipinski definition) is 8. The standard InChI is InChI=1S/C20H27BrN6O4S/c1-13-15(4-3-5-17(13)21)11-23-20-24-12-18(27(28)29)19(25-20)22-10-14-6-8-16(9-7-14)26-32(2,30)31/h3-5,12,14,16,26H,6-11H2,1-2H3,(H2,22,23,24,25)/t14-,16-. The Morgan fingerprint density at radius 3 is 2.59 bits per heavy atom. The van der Waals surface area contributed by atoms with Crippen LogP contribution in [0.1, 0.15) is 36.8 Å². The Bertz CT molecular complexity index is 1070.